The van der Waals surface area contributed by atoms with Crippen molar-refractivity contribution in [3.63, 3.8) is 0 Å². The molecule has 0 aliphatic carbocycles. The molecule has 5 nitrogen and oxygen atoms in total. The number of nitrogens with zero attached hydrogens (tertiary/aromatic N) is 1. The summed E-state index contributed by atoms with van der Waals surface area (Å²) in [5, 5.41) is 7.17. The molecule has 0 saturated heterocycles. The first kappa shape index (κ1) is 14.6. The highest BCUT2D eigenvalue weighted by Crippen LogP contribution is 2.22. The van der Waals surface area contributed by atoms with Crippen LogP contribution in [0.25, 0.3) is 11.3 Å². The number of amides is 1. The second-order valence-electron chi connectivity index (χ2n) is 4.41. The van der Waals surface area contributed by atoms with Crippen molar-refractivity contribution in [3.05, 3.63) is 41.0 Å². The molecule has 0 fully saturated rings. The average Bonchev–Trinajstić information content (AvgIpc) is 2.89. The van der Waals surface area contributed by atoms with Gasteiger partial charge in [-0.25, -0.2) is 0 Å². The van der Waals surface area contributed by atoms with E-state index in [1.807, 2.05) is 6.92 Å². The maximum absolute atomic E-state index is 11.9. The van der Waals surface area contributed by atoms with Crippen LogP contribution in [0.1, 0.15) is 17.4 Å². The normalized spacial score (nSPS) is 12.2. The largest absolute Gasteiger partial charge is 0.383 e. The summed E-state index contributed by atoms with van der Waals surface area (Å²) in [6.45, 7) is 2.29. The van der Waals surface area contributed by atoms with E-state index in [0.717, 1.165) is 5.56 Å². The Morgan fingerprint density at radius 1 is 1.45 bits per heavy atom. The van der Waals surface area contributed by atoms with Crippen LogP contribution >= 0.6 is 11.6 Å². The maximum atomic E-state index is 11.9. The molecule has 1 aromatic carbocycles. The summed E-state index contributed by atoms with van der Waals surface area (Å²) >= 11 is 5.82. The summed E-state index contributed by atoms with van der Waals surface area (Å²) in [4.78, 5) is 11.9. The van der Waals surface area contributed by atoms with Crippen LogP contribution in [0.4, 0.5) is 0 Å². The molecule has 1 atom stereocenters. The Labute approximate surface area is 121 Å². The lowest BCUT2D eigenvalue weighted by atomic mass is 10.1. The van der Waals surface area contributed by atoms with Gasteiger partial charge in [-0.05, 0) is 31.2 Å². The first-order valence-corrected chi connectivity index (χ1v) is 6.50. The smallest absolute Gasteiger partial charge is 0.273 e. The van der Waals surface area contributed by atoms with Crippen molar-refractivity contribution in [3.8, 4) is 11.3 Å². The third-order valence-corrected chi connectivity index (χ3v) is 2.92. The number of carbonyl (C=O) groups excluding carboxylic acids is 1. The van der Waals surface area contributed by atoms with Gasteiger partial charge in [0.2, 0.25) is 0 Å². The molecule has 20 heavy (non-hydrogen) atoms. The molecule has 1 N–H and O–H groups in total. The average molecular weight is 295 g/mol. The zero-order valence-electron chi connectivity index (χ0n) is 11.2. The zero-order valence-corrected chi connectivity index (χ0v) is 12.0. The number of aromatic nitrogens is 1. The minimum Gasteiger partial charge on any atom is -0.383 e. The molecule has 0 radical (unpaired) electrons. The summed E-state index contributed by atoms with van der Waals surface area (Å²) in [6.07, 6.45) is 0. The van der Waals surface area contributed by atoms with Crippen molar-refractivity contribution in [2.24, 2.45) is 0 Å². The Morgan fingerprint density at radius 3 is 2.80 bits per heavy atom. The molecule has 0 aliphatic heterocycles. The van der Waals surface area contributed by atoms with Gasteiger partial charge in [0.05, 0.1) is 6.61 Å². The monoisotopic (exact) mass is 294 g/mol. The van der Waals surface area contributed by atoms with E-state index in [-0.39, 0.29) is 17.6 Å². The molecule has 0 aliphatic rings. The summed E-state index contributed by atoms with van der Waals surface area (Å²) in [6, 6.07) is 8.61. The number of nitrogens with one attached hydrogen (secondary N) is 1. The number of benzene rings is 1. The molecule has 6 heteroatoms. The topological polar surface area (TPSA) is 64.4 Å². The van der Waals surface area contributed by atoms with E-state index in [1.54, 1.807) is 37.4 Å². The molecule has 0 bridgehead atoms. The van der Waals surface area contributed by atoms with E-state index in [9.17, 15) is 4.79 Å². The van der Waals surface area contributed by atoms with Crippen molar-refractivity contribution in [1.82, 2.24) is 10.5 Å². The maximum Gasteiger partial charge on any atom is 0.273 e. The van der Waals surface area contributed by atoms with E-state index < -0.39 is 0 Å². The first-order chi connectivity index (χ1) is 9.60. The highest BCUT2D eigenvalue weighted by molar-refractivity contribution is 6.30. The SMILES string of the molecule is COC[C@H](C)NC(=O)c1cc(-c2ccc(Cl)cc2)on1. The van der Waals surface area contributed by atoms with Crippen molar-refractivity contribution in [2.45, 2.75) is 13.0 Å². The second-order valence-corrected chi connectivity index (χ2v) is 4.85. The highest BCUT2D eigenvalue weighted by Gasteiger charge is 2.15. The van der Waals surface area contributed by atoms with Gasteiger partial charge < -0.3 is 14.6 Å². The van der Waals surface area contributed by atoms with E-state index in [0.29, 0.717) is 17.4 Å². The lowest BCUT2D eigenvalue weighted by Crippen LogP contribution is -2.35. The van der Waals surface area contributed by atoms with E-state index in [4.69, 9.17) is 20.9 Å². The van der Waals surface area contributed by atoms with Crippen LogP contribution in [0.3, 0.4) is 0 Å². The number of ether oxygens (including phenoxy) is 1. The fraction of sp³-hybridized carbons (Fsp3) is 0.286. The predicted molar refractivity (Wildman–Crippen MR) is 75.8 cm³/mol. The first-order valence-electron chi connectivity index (χ1n) is 6.12. The van der Waals surface area contributed by atoms with Crippen molar-refractivity contribution < 1.29 is 14.1 Å². The fourth-order valence-electron chi connectivity index (χ4n) is 1.72. The Kier molecular flexibility index (Phi) is 4.76. The van der Waals surface area contributed by atoms with Crippen LogP contribution in [0.2, 0.25) is 5.02 Å². The van der Waals surface area contributed by atoms with Gasteiger partial charge in [-0.2, -0.15) is 0 Å². The number of hydrogen-bond donors (Lipinski definition) is 1. The standard InChI is InChI=1S/C14H15ClN2O3/c1-9(8-19-2)16-14(18)12-7-13(20-17-12)10-3-5-11(15)6-4-10/h3-7,9H,8H2,1-2H3,(H,16,18)/t9-/m0/s1. The van der Waals surface area contributed by atoms with Crippen LogP contribution < -0.4 is 5.32 Å². The highest BCUT2D eigenvalue weighted by atomic mass is 35.5. The molecule has 0 unspecified atom stereocenters. The van der Waals surface area contributed by atoms with Crippen LogP contribution in [0, 0.1) is 0 Å². The lowest BCUT2D eigenvalue weighted by Gasteiger charge is -2.10. The van der Waals surface area contributed by atoms with Gasteiger partial charge in [-0.3, -0.25) is 4.79 Å². The molecule has 0 saturated carbocycles. The summed E-state index contributed by atoms with van der Waals surface area (Å²) in [7, 11) is 1.58. The van der Waals surface area contributed by atoms with Crippen LogP contribution in [-0.2, 0) is 4.74 Å². The van der Waals surface area contributed by atoms with E-state index >= 15 is 0 Å². The molecular formula is C14H15ClN2O3. The number of halogens is 1. The molecule has 1 amide bonds. The number of methoxy groups -OCH3 is 1. The van der Waals surface area contributed by atoms with Crippen LogP contribution in [-0.4, -0.2) is 30.8 Å². The van der Waals surface area contributed by atoms with Crippen molar-refractivity contribution in [1.29, 1.82) is 0 Å². The van der Waals surface area contributed by atoms with Gasteiger partial charge in [0.1, 0.15) is 0 Å². The Balaban J connectivity index is 2.08. The molecule has 2 rings (SSSR count). The van der Waals surface area contributed by atoms with Crippen molar-refractivity contribution in [2.75, 3.05) is 13.7 Å². The van der Waals surface area contributed by atoms with Gasteiger partial charge in [0.25, 0.3) is 5.91 Å². The molecule has 1 aromatic heterocycles. The quantitative estimate of drug-likeness (QED) is 0.921. The second kappa shape index (κ2) is 6.54. The van der Waals surface area contributed by atoms with E-state index in [1.165, 1.54) is 0 Å². The third-order valence-electron chi connectivity index (χ3n) is 2.67. The van der Waals surface area contributed by atoms with Crippen LogP contribution in [0.15, 0.2) is 34.9 Å². The number of hydrogen-bond acceptors (Lipinski definition) is 4. The number of rotatable bonds is 5. The Bertz CT molecular complexity index is 580. The van der Waals surface area contributed by atoms with Crippen LogP contribution in [0.5, 0.6) is 0 Å². The summed E-state index contributed by atoms with van der Waals surface area (Å²) in [5.74, 6) is 0.227. The molecule has 2 aromatic rings. The molecule has 1 heterocycles. The molecule has 106 valence electrons. The van der Waals surface area contributed by atoms with E-state index in [2.05, 4.69) is 10.5 Å². The Morgan fingerprint density at radius 2 is 2.15 bits per heavy atom. The molecule has 0 spiro atoms. The predicted octanol–water partition coefficient (Wildman–Crippen LogP) is 2.76. The van der Waals surface area contributed by atoms with Gasteiger partial charge in [0, 0.05) is 29.8 Å². The minimum absolute atomic E-state index is 0.0943. The lowest BCUT2D eigenvalue weighted by molar-refractivity contribution is 0.0896. The Hall–Kier alpha value is -1.85. The zero-order chi connectivity index (χ0) is 14.5. The number of carbonyl (C=O) groups is 1. The minimum atomic E-state index is -0.293. The van der Waals surface area contributed by atoms with Gasteiger partial charge in [-0.1, -0.05) is 16.8 Å². The van der Waals surface area contributed by atoms with Gasteiger partial charge in [0.15, 0.2) is 11.5 Å². The van der Waals surface area contributed by atoms with Gasteiger partial charge >= 0.3 is 0 Å². The van der Waals surface area contributed by atoms with Crippen molar-refractivity contribution >= 4 is 17.5 Å². The van der Waals surface area contributed by atoms with Gasteiger partial charge in [-0.15, -0.1) is 0 Å². The molecular weight excluding hydrogens is 280 g/mol. The fourth-order valence-corrected chi connectivity index (χ4v) is 1.85. The third kappa shape index (κ3) is 3.59. The summed E-state index contributed by atoms with van der Waals surface area (Å²) < 4.78 is 10.1. The summed E-state index contributed by atoms with van der Waals surface area (Å²) in [5.41, 5.74) is 1.05.